The fourth-order valence-electron chi connectivity index (χ4n) is 3.24. The lowest BCUT2D eigenvalue weighted by molar-refractivity contribution is 0.312. The van der Waals surface area contributed by atoms with Crippen molar-refractivity contribution in [2.24, 2.45) is 0 Å². The van der Waals surface area contributed by atoms with Crippen LogP contribution in [0.15, 0.2) is 42.5 Å². The third kappa shape index (κ3) is 3.25. The largest absolute Gasteiger partial charge is 0.368 e. The summed E-state index contributed by atoms with van der Waals surface area (Å²) in [4.78, 5) is 13.6. The molecule has 0 saturated carbocycles. The zero-order chi connectivity index (χ0) is 17.4. The lowest BCUT2D eigenvalue weighted by Gasteiger charge is -2.33. The molecule has 5 nitrogen and oxygen atoms in total. The first-order valence-corrected chi connectivity index (χ1v) is 8.75. The quantitative estimate of drug-likeness (QED) is 0.766. The lowest BCUT2D eigenvalue weighted by atomic mass is 10.0. The number of anilines is 2. The molecule has 0 bridgehead atoms. The highest BCUT2D eigenvalue weighted by Gasteiger charge is 2.19. The molecule has 3 aromatic rings. The molecule has 0 unspecified atom stereocenters. The Balaban J connectivity index is 1.78. The molecule has 0 atom stereocenters. The Morgan fingerprint density at radius 2 is 1.72 bits per heavy atom. The van der Waals surface area contributed by atoms with Gasteiger partial charge in [-0.25, -0.2) is 4.98 Å². The standard InChI is InChI=1S/C19H20ClN5/c1-24-7-9-25(10-8-24)18-16-6-5-14(12-17(16)22-19(21)23-18)13-3-2-4-15(20)11-13/h2-6,11-12H,7-10H2,1H3,(H2,21,22,23). The fourth-order valence-corrected chi connectivity index (χ4v) is 3.43. The Bertz CT molecular complexity index is 919. The zero-order valence-electron chi connectivity index (χ0n) is 14.1. The van der Waals surface area contributed by atoms with E-state index in [9.17, 15) is 0 Å². The SMILES string of the molecule is CN1CCN(c2nc(N)nc3cc(-c4cccc(Cl)c4)ccc23)CC1. The van der Waals surface area contributed by atoms with Crippen LogP contribution in [0.25, 0.3) is 22.0 Å². The van der Waals surface area contributed by atoms with Gasteiger partial charge in [0.2, 0.25) is 5.95 Å². The van der Waals surface area contributed by atoms with Crippen molar-refractivity contribution >= 4 is 34.3 Å². The predicted molar refractivity (Wildman–Crippen MR) is 104 cm³/mol. The summed E-state index contributed by atoms with van der Waals surface area (Å²) in [6, 6.07) is 14.0. The molecule has 2 aromatic carbocycles. The molecule has 1 saturated heterocycles. The number of nitrogen functional groups attached to an aromatic ring is 1. The van der Waals surface area contributed by atoms with E-state index in [1.807, 2.05) is 24.3 Å². The van der Waals surface area contributed by atoms with Gasteiger partial charge < -0.3 is 15.5 Å². The molecule has 0 radical (unpaired) electrons. The van der Waals surface area contributed by atoms with Gasteiger partial charge in [-0.2, -0.15) is 4.98 Å². The van der Waals surface area contributed by atoms with Gasteiger partial charge in [-0.1, -0.05) is 29.8 Å². The molecule has 0 spiro atoms. The van der Waals surface area contributed by atoms with Crippen LogP contribution in [0, 0.1) is 0 Å². The molecule has 25 heavy (non-hydrogen) atoms. The number of nitrogens with two attached hydrogens (primary N) is 1. The molecule has 0 aliphatic carbocycles. The molecular formula is C19H20ClN5. The van der Waals surface area contributed by atoms with Crippen LogP contribution in [0.2, 0.25) is 5.02 Å². The van der Waals surface area contributed by atoms with Crippen LogP contribution in [-0.4, -0.2) is 48.1 Å². The predicted octanol–water partition coefficient (Wildman–Crippen LogP) is 3.28. The summed E-state index contributed by atoms with van der Waals surface area (Å²) in [7, 11) is 2.14. The second kappa shape index (κ2) is 6.50. The van der Waals surface area contributed by atoms with E-state index in [1.54, 1.807) is 0 Å². The summed E-state index contributed by atoms with van der Waals surface area (Å²) in [5.74, 6) is 1.23. The Hall–Kier alpha value is -2.37. The van der Waals surface area contributed by atoms with Crippen LogP contribution < -0.4 is 10.6 Å². The van der Waals surface area contributed by atoms with Gasteiger partial charge in [-0.05, 0) is 42.4 Å². The lowest BCUT2D eigenvalue weighted by Crippen LogP contribution is -2.45. The van der Waals surface area contributed by atoms with Crippen molar-refractivity contribution in [1.82, 2.24) is 14.9 Å². The van der Waals surface area contributed by atoms with E-state index in [-0.39, 0.29) is 0 Å². The van der Waals surface area contributed by atoms with Gasteiger partial charge in [0.1, 0.15) is 5.82 Å². The first-order valence-electron chi connectivity index (χ1n) is 8.37. The molecule has 6 heteroatoms. The van der Waals surface area contributed by atoms with Crippen molar-refractivity contribution in [2.75, 3.05) is 43.9 Å². The number of hydrogen-bond donors (Lipinski definition) is 1. The molecule has 1 aliphatic rings. The third-order valence-electron chi connectivity index (χ3n) is 4.65. The molecule has 2 N–H and O–H groups in total. The number of likely N-dealkylation sites (N-methyl/N-ethyl adjacent to an activating group) is 1. The van der Waals surface area contributed by atoms with E-state index in [0.29, 0.717) is 5.95 Å². The van der Waals surface area contributed by atoms with Gasteiger partial charge in [0.05, 0.1) is 5.52 Å². The number of nitrogens with zero attached hydrogens (tertiary/aromatic N) is 4. The summed E-state index contributed by atoms with van der Waals surface area (Å²) in [6.45, 7) is 3.92. The molecule has 1 aliphatic heterocycles. The minimum absolute atomic E-state index is 0.310. The maximum absolute atomic E-state index is 6.12. The van der Waals surface area contributed by atoms with Crippen LogP contribution in [0.5, 0.6) is 0 Å². The highest BCUT2D eigenvalue weighted by molar-refractivity contribution is 6.30. The number of halogens is 1. The van der Waals surface area contributed by atoms with Crippen molar-refractivity contribution in [1.29, 1.82) is 0 Å². The van der Waals surface area contributed by atoms with Crippen molar-refractivity contribution in [3.8, 4) is 11.1 Å². The topological polar surface area (TPSA) is 58.3 Å². The first kappa shape index (κ1) is 16.1. The van der Waals surface area contributed by atoms with Crippen molar-refractivity contribution in [3.63, 3.8) is 0 Å². The number of piperazine rings is 1. The monoisotopic (exact) mass is 353 g/mol. The van der Waals surface area contributed by atoms with Gasteiger partial charge in [-0.15, -0.1) is 0 Å². The van der Waals surface area contributed by atoms with Crippen molar-refractivity contribution in [3.05, 3.63) is 47.5 Å². The number of benzene rings is 2. The Morgan fingerprint density at radius 1 is 0.960 bits per heavy atom. The molecule has 0 amide bonds. The van der Waals surface area contributed by atoms with E-state index in [2.05, 4.69) is 45.0 Å². The maximum Gasteiger partial charge on any atom is 0.222 e. The summed E-state index contributed by atoms with van der Waals surface area (Å²) in [6.07, 6.45) is 0. The van der Waals surface area contributed by atoms with E-state index in [0.717, 1.165) is 59.0 Å². The molecule has 128 valence electrons. The zero-order valence-corrected chi connectivity index (χ0v) is 14.9. The Kier molecular flexibility index (Phi) is 4.19. The molecular weight excluding hydrogens is 334 g/mol. The van der Waals surface area contributed by atoms with Crippen LogP contribution in [0.4, 0.5) is 11.8 Å². The van der Waals surface area contributed by atoms with Gasteiger partial charge >= 0.3 is 0 Å². The second-order valence-electron chi connectivity index (χ2n) is 6.44. The number of aromatic nitrogens is 2. The first-order chi connectivity index (χ1) is 12.1. The number of rotatable bonds is 2. The van der Waals surface area contributed by atoms with Gasteiger partial charge in [-0.3, -0.25) is 0 Å². The van der Waals surface area contributed by atoms with E-state index in [4.69, 9.17) is 17.3 Å². The molecule has 1 aromatic heterocycles. The minimum atomic E-state index is 0.310. The van der Waals surface area contributed by atoms with E-state index >= 15 is 0 Å². The third-order valence-corrected chi connectivity index (χ3v) is 4.89. The van der Waals surface area contributed by atoms with Crippen molar-refractivity contribution < 1.29 is 0 Å². The average Bonchev–Trinajstić information content (AvgIpc) is 2.61. The normalized spacial score (nSPS) is 15.7. The highest BCUT2D eigenvalue weighted by Crippen LogP contribution is 2.30. The number of hydrogen-bond acceptors (Lipinski definition) is 5. The van der Waals surface area contributed by atoms with E-state index in [1.165, 1.54) is 0 Å². The van der Waals surface area contributed by atoms with Gasteiger partial charge in [0.25, 0.3) is 0 Å². The van der Waals surface area contributed by atoms with Gasteiger partial charge in [0.15, 0.2) is 0 Å². The minimum Gasteiger partial charge on any atom is -0.368 e. The molecule has 2 heterocycles. The highest BCUT2D eigenvalue weighted by atomic mass is 35.5. The average molecular weight is 354 g/mol. The van der Waals surface area contributed by atoms with Crippen LogP contribution in [0.1, 0.15) is 0 Å². The summed E-state index contributed by atoms with van der Waals surface area (Å²) in [5.41, 5.74) is 8.98. The smallest absolute Gasteiger partial charge is 0.222 e. The summed E-state index contributed by atoms with van der Waals surface area (Å²) < 4.78 is 0. The fraction of sp³-hybridized carbons (Fsp3) is 0.263. The van der Waals surface area contributed by atoms with Crippen LogP contribution in [0.3, 0.4) is 0 Å². The van der Waals surface area contributed by atoms with Gasteiger partial charge in [0, 0.05) is 36.6 Å². The Morgan fingerprint density at radius 3 is 2.48 bits per heavy atom. The van der Waals surface area contributed by atoms with Crippen LogP contribution in [-0.2, 0) is 0 Å². The second-order valence-corrected chi connectivity index (χ2v) is 6.87. The Labute approximate surface area is 152 Å². The molecule has 4 rings (SSSR count). The van der Waals surface area contributed by atoms with Crippen molar-refractivity contribution in [2.45, 2.75) is 0 Å². The van der Waals surface area contributed by atoms with Crippen LogP contribution >= 0.6 is 11.6 Å². The maximum atomic E-state index is 6.12. The number of fused-ring (bicyclic) bond motifs is 1. The van der Waals surface area contributed by atoms with E-state index < -0.39 is 0 Å². The summed E-state index contributed by atoms with van der Waals surface area (Å²) >= 11 is 6.12. The molecule has 1 fully saturated rings. The summed E-state index contributed by atoms with van der Waals surface area (Å²) in [5, 5.41) is 1.75.